The van der Waals surface area contributed by atoms with Crippen LogP contribution in [0.5, 0.6) is 0 Å². The molecular weight excluding hydrogens is 430 g/mol. The summed E-state index contributed by atoms with van der Waals surface area (Å²) in [4.78, 5) is 0. The predicted molar refractivity (Wildman–Crippen MR) is 131 cm³/mol. The number of halogens is 1. The van der Waals surface area contributed by atoms with Crippen LogP contribution in [0.1, 0.15) is 0 Å². The van der Waals surface area contributed by atoms with Crippen molar-refractivity contribution < 1.29 is 0 Å². The second kappa shape index (κ2) is 6.86. The van der Waals surface area contributed by atoms with Gasteiger partial charge in [-0.25, -0.2) is 0 Å². The third kappa shape index (κ3) is 2.61. The first-order chi connectivity index (χ1) is 14.8. The zero-order chi connectivity index (χ0) is 20.1. The lowest BCUT2D eigenvalue weighted by atomic mass is 10.0. The van der Waals surface area contributed by atoms with Crippen LogP contribution < -0.4 is 0 Å². The smallest absolute Gasteiger partial charge is 0.0620 e. The minimum absolute atomic E-state index is 1.13. The van der Waals surface area contributed by atoms with Crippen molar-refractivity contribution in [2.75, 3.05) is 0 Å². The Labute approximate surface area is 183 Å². The summed E-state index contributed by atoms with van der Waals surface area (Å²) in [6.45, 7) is 0. The molecule has 142 valence electrons. The van der Waals surface area contributed by atoms with Crippen molar-refractivity contribution in [2.45, 2.75) is 0 Å². The highest BCUT2D eigenvalue weighted by Crippen LogP contribution is 2.39. The lowest BCUT2D eigenvalue weighted by Gasteiger charge is -2.11. The molecular formula is C28H18BrN. The molecule has 0 unspecified atom stereocenters. The summed E-state index contributed by atoms with van der Waals surface area (Å²) in [5.41, 5.74) is 6.12. The van der Waals surface area contributed by atoms with Crippen LogP contribution in [0, 0.1) is 0 Å². The Morgan fingerprint density at radius 2 is 1.10 bits per heavy atom. The summed E-state index contributed by atoms with van der Waals surface area (Å²) >= 11 is 3.80. The van der Waals surface area contributed by atoms with Gasteiger partial charge in [-0.2, -0.15) is 0 Å². The van der Waals surface area contributed by atoms with Gasteiger partial charge in [-0.05, 0) is 40.8 Å². The van der Waals surface area contributed by atoms with Crippen LogP contribution in [-0.2, 0) is 0 Å². The standard InChI is InChI=1S/C28H18BrN/c29-26-18-25-23-11-6-7-13-27(23)30(28(25)24-12-5-4-10-22(24)26)21-16-14-20(15-17-21)19-8-2-1-3-9-19/h1-18H. The Hall–Kier alpha value is -3.36. The number of hydrogen-bond donors (Lipinski definition) is 0. The first-order valence-corrected chi connectivity index (χ1v) is 10.9. The molecule has 0 radical (unpaired) electrons. The lowest BCUT2D eigenvalue weighted by Crippen LogP contribution is -1.94. The van der Waals surface area contributed by atoms with Gasteiger partial charge in [0.15, 0.2) is 0 Å². The van der Waals surface area contributed by atoms with E-state index in [0.29, 0.717) is 0 Å². The van der Waals surface area contributed by atoms with Crippen LogP contribution in [0.3, 0.4) is 0 Å². The molecule has 0 fully saturated rings. The van der Waals surface area contributed by atoms with Crippen LogP contribution in [0.2, 0.25) is 0 Å². The van der Waals surface area contributed by atoms with Gasteiger partial charge in [-0.1, -0.05) is 101 Å². The maximum absolute atomic E-state index is 3.80. The van der Waals surface area contributed by atoms with E-state index in [1.54, 1.807) is 0 Å². The predicted octanol–water partition coefficient (Wildman–Crippen LogP) is 8.37. The molecule has 6 rings (SSSR count). The van der Waals surface area contributed by atoms with E-state index in [-0.39, 0.29) is 0 Å². The van der Waals surface area contributed by atoms with Crippen molar-refractivity contribution in [3.05, 3.63) is 114 Å². The van der Waals surface area contributed by atoms with Crippen molar-refractivity contribution >= 4 is 48.5 Å². The van der Waals surface area contributed by atoms with Crippen LogP contribution >= 0.6 is 15.9 Å². The first kappa shape index (κ1) is 17.5. The summed E-state index contributed by atoms with van der Waals surface area (Å²) in [5.74, 6) is 0. The summed E-state index contributed by atoms with van der Waals surface area (Å²) in [6, 6.07) is 39.0. The molecule has 0 saturated heterocycles. The van der Waals surface area contributed by atoms with Gasteiger partial charge >= 0.3 is 0 Å². The number of nitrogens with zero attached hydrogens (tertiary/aromatic N) is 1. The molecule has 0 N–H and O–H groups in total. The molecule has 5 aromatic carbocycles. The molecule has 2 heteroatoms. The zero-order valence-electron chi connectivity index (χ0n) is 16.2. The van der Waals surface area contributed by atoms with E-state index >= 15 is 0 Å². The van der Waals surface area contributed by atoms with Crippen LogP contribution in [-0.4, -0.2) is 4.57 Å². The molecule has 1 heterocycles. The Kier molecular flexibility index (Phi) is 4.00. The Morgan fingerprint density at radius 1 is 0.500 bits per heavy atom. The number of benzene rings is 5. The van der Waals surface area contributed by atoms with Crippen molar-refractivity contribution in [1.82, 2.24) is 4.57 Å². The van der Waals surface area contributed by atoms with Crippen LogP contribution in [0.4, 0.5) is 0 Å². The fourth-order valence-electron chi connectivity index (χ4n) is 4.48. The molecule has 0 amide bonds. The summed E-state index contributed by atoms with van der Waals surface area (Å²) in [7, 11) is 0. The number of aromatic nitrogens is 1. The van der Waals surface area contributed by atoms with E-state index in [0.717, 1.165) is 4.47 Å². The molecule has 0 bridgehead atoms. The van der Waals surface area contributed by atoms with Gasteiger partial charge in [0.2, 0.25) is 0 Å². The molecule has 0 spiro atoms. The summed E-state index contributed by atoms with van der Waals surface area (Å²) < 4.78 is 3.53. The largest absolute Gasteiger partial charge is 0.309 e. The normalized spacial score (nSPS) is 11.5. The molecule has 0 atom stereocenters. The maximum atomic E-state index is 3.80. The highest BCUT2D eigenvalue weighted by molar-refractivity contribution is 9.10. The SMILES string of the molecule is Brc1cc2c3ccccc3n(-c3ccc(-c4ccccc4)cc3)c2c2ccccc12. The van der Waals surface area contributed by atoms with Gasteiger partial charge in [-0.15, -0.1) is 0 Å². The minimum Gasteiger partial charge on any atom is -0.309 e. The van der Waals surface area contributed by atoms with Crippen molar-refractivity contribution in [3.63, 3.8) is 0 Å². The average molecular weight is 448 g/mol. The van der Waals surface area contributed by atoms with Crippen molar-refractivity contribution in [3.8, 4) is 16.8 Å². The van der Waals surface area contributed by atoms with Crippen LogP contribution in [0.25, 0.3) is 49.4 Å². The molecule has 1 aromatic heterocycles. The van der Waals surface area contributed by atoms with Gasteiger partial charge < -0.3 is 4.57 Å². The minimum atomic E-state index is 1.13. The molecule has 0 aliphatic carbocycles. The maximum Gasteiger partial charge on any atom is 0.0620 e. The Morgan fingerprint density at radius 3 is 1.87 bits per heavy atom. The van der Waals surface area contributed by atoms with E-state index in [2.05, 4.69) is 130 Å². The van der Waals surface area contributed by atoms with Crippen molar-refractivity contribution in [2.24, 2.45) is 0 Å². The third-order valence-corrected chi connectivity index (χ3v) is 6.51. The molecule has 30 heavy (non-hydrogen) atoms. The number of hydrogen-bond acceptors (Lipinski definition) is 0. The van der Waals surface area contributed by atoms with E-state index in [1.165, 1.54) is 49.4 Å². The van der Waals surface area contributed by atoms with E-state index in [9.17, 15) is 0 Å². The number of rotatable bonds is 2. The molecule has 0 aliphatic rings. The highest BCUT2D eigenvalue weighted by atomic mass is 79.9. The molecule has 1 nitrogen and oxygen atoms in total. The molecule has 6 aromatic rings. The second-order valence-electron chi connectivity index (χ2n) is 7.57. The van der Waals surface area contributed by atoms with Crippen molar-refractivity contribution in [1.29, 1.82) is 0 Å². The fraction of sp³-hybridized carbons (Fsp3) is 0. The summed E-state index contributed by atoms with van der Waals surface area (Å²) in [6.07, 6.45) is 0. The zero-order valence-corrected chi connectivity index (χ0v) is 17.8. The third-order valence-electron chi connectivity index (χ3n) is 5.86. The number of fused-ring (bicyclic) bond motifs is 5. The van der Waals surface area contributed by atoms with E-state index < -0.39 is 0 Å². The quantitative estimate of drug-likeness (QED) is 0.251. The Bertz CT molecular complexity index is 1530. The Balaban J connectivity index is 1.69. The second-order valence-corrected chi connectivity index (χ2v) is 8.42. The van der Waals surface area contributed by atoms with Gasteiger partial charge in [0.05, 0.1) is 11.0 Å². The van der Waals surface area contributed by atoms with E-state index in [4.69, 9.17) is 0 Å². The van der Waals surface area contributed by atoms with Gasteiger partial charge in [0.1, 0.15) is 0 Å². The molecule has 0 aliphatic heterocycles. The molecule has 0 saturated carbocycles. The lowest BCUT2D eigenvalue weighted by molar-refractivity contribution is 1.19. The fourth-order valence-corrected chi connectivity index (χ4v) is 5.06. The number of para-hydroxylation sites is 1. The van der Waals surface area contributed by atoms with Gasteiger partial charge in [-0.3, -0.25) is 0 Å². The van der Waals surface area contributed by atoms with Gasteiger partial charge in [0.25, 0.3) is 0 Å². The summed E-state index contributed by atoms with van der Waals surface area (Å²) in [5, 5.41) is 5.02. The van der Waals surface area contributed by atoms with Gasteiger partial charge in [0, 0.05) is 26.3 Å². The van der Waals surface area contributed by atoms with E-state index in [1.807, 2.05) is 0 Å². The average Bonchev–Trinajstić information content (AvgIpc) is 3.14. The monoisotopic (exact) mass is 447 g/mol. The first-order valence-electron chi connectivity index (χ1n) is 10.1. The van der Waals surface area contributed by atoms with Crippen LogP contribution in [0.15, 0.2) is 114 Å². The topological polar surface area (TPSA) is 4.93 Å². The highest BCUT2D eigenvalue weighted by Gasteiger charge is 2.16.